The van der Waals surface area contributed by atoms with Crippen molar-refractivity contribution in [2.75, 3.05) is 5.32 Å². The van der Waals surface area contributed by atoms with Crippen LogP contribution in [0.25, 0.3) is 0 Å². The van der Waals surface area contributed by atoms with Gasteiger partial charge in [0.15, 0.2) is 5.82 Å². The monoisotopic (exact) mass is 357 g/mol. The highest BCUT2D eigenvalue weighted by molar-refractivity contribution is 5.97. The summed E-state index contributed by atoms with van der Waals surface area (Å²) < 4.78 is 43.3. The van der Waals surface area contributed by atoms with Crippen LogP contribution in [0.15, 0.2) is 21.7 Å². The van der Waals surface area contributed by atoms with E-state index in [1.165, 1.54) is 10.9 Å². The van der Waals surface area contributed by atoms with Crippen LogP contribution in [0.1, 0.15) is 31.5 Å². The minimum absolute atomic E-state index is 0.154. The molecule has 134 valence electrons. The molecule has 2 N–H and O–H groups in total. The van der Waals surface area contributed by atoms with E-state index in [9.17, 15) is 22.8 Å². The zero-order valence-electron chi connectivity index (χ0n) is 12.9. The Hall–Kier alpha value is -2.59. The quantitative estimate of drug-likeness (QED) is 0.847. The Morgan fingerprint density at radius 3 is 2.72 bits per heavy atom. The van der Waals surface area contributed by atoms with Crippen LogP contribution in [-0.2, 0) is 11.3 Å². The topological polar surface area (TPSA) is 106 Å². The first-order valence-corrected chi connectivity index (χ1v) is 7.63. The van der Waals surface area contributed by atoms with Gasteiger partial charge >= 0.3 is 11.9 Å². The van der Waals surface area contributed by atoms with Crippen LogP contribution in [0, 0.1) is 10.8 Å². The summed E-state index contributed by atoms with van der Waals surface area (Å²) in [6.45, 7) is 0.154. The molecular weight excluding hydrogens is 343 g/mol. The highest BCUT2D eigenvalue weighted by Gasteiger charge is 2.73. The SMILES string of the molecule is O=C(Nc1cnn(Cc2noc(=O)[nH]2)c1)C12CC(CC(F)(F)F)(C1)C2. The number of aromatic nitrogens is 4. The lowest BCUT2D eigenvalue weighted by atomic mass is 9.34. The summed E-state index contributed by atoms with van der Waals surface area (Å²) in [7, 11) is 0. The largest absolute Gasteiger partial charge is 0.438 e. The molecule has 0 aliphatic heterocycles. The van der Waals surface area contributed by atoms with Gasteiger partial charge in [-0.15, -0.1) is 0 Å². The third-order valence-electron chi connectivity index (χ3n) is 4.89. The molecule has 2 bridgehead atoms. The Labute approximate surface area is 138 Å². The number of carbonyl (C=O) groups excluding carboxylic acids is 1. The van der Waals surface area contributed by atoms with Crippen molar-refractivity contribution < 1.29 is 22.5 Å². The molecule has 2 heterocycles. The molecule has 0 radical (unpaired) electrons. The number of aromatic amines is 1. The maximum Gasteiger partial charge on any atom is 0.438 e. The first kappa shape index (κ1) is 15.9. The lowest BCUT2D eigenvalue weighted by Crippen LogP contribution is -2.67. The molecule has 25 heavy (non-hydrogen) atoms. The van der Waals surface area contributed by atoms with E-state index < -0.39 is 29.2 Å². The number of hydrogen-bond acceptors (Lipinski definition) is 5. The van der Waals surface area contributed by atoms with Crippen LogP contribution < -0.4 is 11.1 Å². The molecule has 5 rings (SSSR count). The zero-order valence-corrected chi connectivity index (χ0v) is 12.9. The summed E-state index contributed by atoms with van der Waals surface area (Å²) in [6, 6.07) is 0. The molecule has 3 aliphatic rings. The number of alkyl halides is 3. The molecule has 0 saturated heterocycles. The fourth-order valence-corrected chi connectivity index (χ4v) is 4.11. The molecule has 0 atom stereocenters. The number of nitrogens with one attached hydrogen (secondary N) is 2. The fourth-order valence-electron chi connectivity index (χ4n) is 4.11. The number of hydrogen-bond donors (Lipinski definition) is 2. The van der Waals surface area contributed by atoms with Crippen molar-refractivity contribution in [1.82, 2.24) is 19.9 Å². The molecule has 3 saturated carbocycles. The van der Waals surface area contributed by atoms with Crippen LogP contribution in [0.5, 0.6) is 0 Å². The number of carbonyl (C=O) groups is 1. The Bertz CT molecular complexity index is 861. The molecule has 8 nitrogen and oxygen atoms in total. The van der Waals surface area contributed by atoms with Crippen LogP contribution in [-0.4, -0.2) is 32.0 Å². The van der Waals surface area contributed by atoms with Gasteiger partial charge in [-0.05, 0) is 24.7 Å². The molecule has 0 spiro atoms. The summed E-state index contributed by atoms with van der Waals surface area (Å²) in [5, 5.41) is 10.2. The summed E-state index contributed by atoms with van der Waals surface area (Å²) in [4.78, 5) is 25.6. The van der Waals surface area contributed by atoms with E-state index in [0.717, 1.165) is 0 Å². The third-order valence-corrected chi connectivity index (χ3v) is 4.89. The number of H-pyrrole nitrogens is 1. The van der Waals surface area contributed by atoms with Crippen molar-refractivity contribution in [3.05, 3.63) is 28.8 Å². The number of rotatable bonds is 5. The van der Waals surface area contributed by atoms with E-state index in [0.29, 0.717) is 5.69 Å². The van der Waals surface area contributed by atoms with E-state index in [4.69, 9.17) is 0 Å². The maximum absolute atomic E-state index is 12.5. The van der Waals surface area contributed by atoms with Gasteiger partial charge in [0.2, 0.25) is 5.91 Å². The van der Waals surface area contributed by atoms with Gasteiger partial charge in [0.25, 0.3) is 0 Å². The predicted molar refractivity (Wildman–Crippen MR) is 76.5 cm³/mol. The smallest absolute Gasteiger partial charge is 0.323 e. The van der Waals surface area contributed by atoms with Gasteiger partial charge in [-0.3, -0.25) is 19.0 Å². The number of nitrogens with zero attached hydrogens (tertiary/aromatic N) is 3. The predicted octanol–water partition coefficient (Wildman–Crippen LogP) is 1.67. The van der Waals surface area contributed by atoms with Crippen molar-refractivity contribution in [2.45, 2.75) is 38.4 Å². The minimum Gasteiger partial charge on any atom is -0.323 e. The fraction of sp³-hybridized carbons (Fsp3) is 0.571. The highest BCUT2D eigenvalue weighted by Crippen LogP contribution is 2.76. The van der Waals surface area contributed by atoms with E-state index >= 15 is 0 Å². The number of anilines is 1. The van der Waals surface area contributed by atoms with Crippen LogP contribution in [0.4, 0.5) is 18.9 Å². The minimum atomic E-state index is -4.19. The Morgan fingerprint density at radius 2 is 2.12 bits per heavy atom. The van der Waals surface area contributed by atoms with Gasteiger partial charge in [0.05, 0.1) is 17.3 Å². The third kappa shape index (κ3) is 2.83. The van der Waals surface area contributed by atoms with E-state index in [-0.39, 0.29) is 37.5 Å². The van der Waals surface area contributed by atoms with Crippen LogP contribution in [0.2, 0.25) is 0 Å². The maximum atomic E-state index is 12.5. The van der Waals surface area contributed by atoms with Gasteiger partial charge in [0, 0.05) is 12.6 Å². The average molecular weight is 357 g/mol. The second-order valence-corrected chi connectivity index (χ2v) is 7.03. The first-order valence-electron chi connectivity index (χ1n) is 7.63. The summed E-state index contributed by atoms with van der Waals surface area (Å²) in [5.74, 6) is -0.669. The second-order valence-electron chi connectivity index (χ2n) is 7.03. The second kappa shape index (κ2) is 4.96. The Balaban J connectivity index is 1.33. The van der Waals surface area contributed by atoms with Gasteiger partial charge in [-0.2, -0.15) is 18.3 Å². The van der Waals surface area contributed by atoms with Crippen molar-refractivity contribution in [3.63, 3.8) is 0 Å². The lowest BCUT2D eigenvalue weighted by molar-refractivity contribution is -0.255. The normalized spacial score (nSPS) is 27.5. The summed E-state index contributed by atoms with van der Waals surface area (Å²) in [5.41, 5.74) is -0.978. The van der Waals surface area contributed by atoms with Crippen molar-refractivity contribution in [1.29, 1.82) is 0 Å². The average Bonchev–Trinajstić information content (AvgIpc) is 3.01. The Morgan fingerprint density at radius 1 is 1.40 bits per heavy atom. The van der Waals surface area contributed by atoms with Gasteiger partial charge in [-0.25, -0.2) is 4.79 Å². The highest BCUT2D eigenvalue weighted by atomic mass is 19.4. The molecule has 0 aromatic carbocycles. The number of halogens is 3. The summed E-state index contributed by atoms with van der Waals surface area (Å²) in [6.07, 6.45) is -1.21. The molecule has 2 aromatic heterocycles. The lowest BCUT2D eigenvalue weighted by Gasteiger charge is -2.69. The van der Waals surface area contributed by atoms with E-state index in [1.807, 2.05) is 0 Å². The first-order chi connectivity index (χ1) is 11.7. The Kier molecular flexibility index (Phi) is 3.16. The molecule has 3 fully saturated rings. The van der Waals surface area contributed by atoms with Crippen LogP contribution in [0.3, 0.4) is 0 Å². The summed E-state index contributed by atoms with van der Waals surface area (Å²) >= 11 is 0. The molecule has 0 unspecified atom stereocenters. The molecule has 3 aliphatic carbocycles. The molecule has 11 heteroatoms. The number of amides is 1. The molecule has 2 aromatic rings. The van der Waals surface area contributed by atoms with Gasteiger partial charge in [-0.1, -0.05) is 5.16 Å². The van der Waals surface area contributed by atoms with Crippen molar-refractivity contribution in [2.24, 2.45) is 10.8 Å². The van der Waals surface area contributed by atoms with Gasteiger partial charge in [0.1, 0.15) is 6.54 Å². The van der Waals surface area contributed by atoms with Crippen LogP contribution >= 0.6 is 0 Å². The van der Waals surface area contributed by atoms with Crippen molar-refractivity contribution >= 4 is 11.6 Å². The van der Waals surface area contributed by atoms with Gasteiger partial charge < -0.3 is 5.32 Å². The van der Waals surface area contributed by atoms with E-state index in [1.54, 1.807) is 6.20 Å². The van der Waals surface area contributed by atoms with Crippen molar-refractivity contribution in [3.8, 4) is 0 Å². The zero-order chi connectivity index (χ0) is 17.9. The molecular formula is C14H14F3N5O3. The standard InChI is InChI=1S/C14H14F3N5O3/c15-14(16,17)7-12-4-13(5-12,6-12)10(23)19-8-1-18-22(2-8)3-9-20-11(24)25-21-9/h1-2H,3-7H2,(H,19,23)(H,20,21,24). The molecule has 1 amide bonds. The van der Waals surface area contributed by atoms with E-state index in [2.05, 4.69) is 25.1 Å².